The second-order valence-corrected chi connectivity index (χ2v) is 3.57. The Labute approximate surface area is 109 Å². The van der Waals surface area contributed by atoms with Crippen LogP contribution in [0.3, 0.4) is 0 Å². The van der Waals surface area contributed by atoms with Gasteiger partial charge in [-0.25, -0.2) is 8.78 Å². The number of carbonyl (C=O) groups excluding carboxylic acids is 2. The summed E-state index contributed by atoms with van der Waals surface area (Å²) in [6.45, 7) is 2.16. The van der Waals surface area contributed by atoms with Gasteiger partial charge >= 0.3 is 0 Å². The molecule has 0 unspecified atom stereocenters. The van der Waals surface area contributed by atoms with Gasteiger partial charge in [-0.05, 0) is 19.1 Å². The predicted octanol–water partition coefficient (Wildman–Crippen LogP) is 2.41. The van der Waals surface area contributed by atoms with E-state index in [1.165, 1.54) is 6.26 Å². The van der Waals surface area contributed by atoms with Crippen LogP contribution in [0.4, 0.5) is 14.5 Å². The lowest BCUT2D eigenvalue weighted by atomic mass is 10.2. The molecule has 0 spiro atoms. The van der Waals surface area contributed by atoms with Gasteiger partial charge in [0.1, 0.15) is 11.6 Å². The number of ketones is 1. The van der Waals surface area contributed by atoms with Gasteiger partial charge in [0, 0.05) is 12.1 Å². The topological polar surface area (TPSA) is 55.4 Å². The van der Waals surface area contributed by atoms with E-state index in [4.69, 9.17) is 4.74 Å². The molecule has 19 heavy (non-hydrogen) atoms. The van der Waals surface area contributed by atoms with Gasteiger partial charge in [0.25, 0.3) is 0 Å². The van der Waals surface area contributed by atoms with E-state index in [0.29, 0.717) is 12.7 Å². The Bertz CT molecular complexity index is 501. The van der Waals surface area contributed by atoms with Crippen molar-refractivity contribution in [3.8, 4) is 0 Å². The minimum Gasteiger partial charge on any atom is -0.501 e. The highest BCUT2D eigenvalue weighted by atomic mass is 19.1. The Morgan fingerprint density at radius 1 is 1.37 bits per heavy atom. The molecule has 1 N–H and O–H groups in total. The van der Waals surface area contributed by atoms with Crippen LogP contribution in [0.1, 0.15) is 13.3 Å². The third kappa shape index (κ3) is 5.29. The molecule has 0 saturated carbocycles. The molecule has 0 aliphatic carbocycles. The number of allylic oxidation sites excluding steroid dienone is 1. The van der Waals surface area contributed by atoms with E-state index in [2.05, 4.69) is 5.32 Å². The zero-order valence-electron chi connectivity index (χ0n) is 10.3. The van der Waals surface area contributed by atoms with Crippen LogP contribution in [-0.2, 0) is 14.3 Å². The zero-order chi connectivity index (χ0) is 14.3. The lowest BCUT2D eigenvalue weighted by Gasteiger charge is -2.05. The van der Waals surface area contributed by atoms with Crippen LogP contribution < -0.4 is 5.32 Å². The molecule has 4 nitrogen and oxygen atoms in total. The molecule has 1 amide bonds. The van der Waals surface area contributed by atoms with Gasteiger partial charge in [0.15, 0.2) is 5.78 Å². The lowest BCUT2D eigenvalue weighted by molar-refractivity contribution is -0.122. The number of carbonyl (C=O) groups is 2. The molecule has 1 rings (SSSR count). The summed E-state index contributed by atoms with van der Waals surface area (Å²) in [5.41, 5.74) is -0.173. The van der Waals surface area contributed by atoms with Crippen molar-refractivity contribution in [2.45, 2.75) is 13.3 Å². The summed E-state index contributed by atoms with van der Waals surface area (Å²) >= 11 is 0. The third-order valence-electron chi connectivity index (χ3n) is 2.06. The van der Waals surface area contributed by atoms with Crippen LogP contribution in [0, 0.1) is 11.6 Å². The van der Waals surface area contributed by atoms with Crippen LogP contribution in [-0.4, -0.2) is 18.3 Å². The van der Waals surface area contributed by atoms with Crippen molar-refractivity contribution in [3.05, 3.63) is 42.2 Å². The molecule has 1 aromatic carbocycles. The molecule has 0 fully saturated rings. The summed E-state index contributed by atoms with van der Waals surface area (Å²) in [5.74, 6) is -2.80. The number of amides is 1. The fourth-order valence-corrected chi connectivity index (χ4v) is 1.22. The fraction of sp³-hybridized carbons (Fsp3) is 0.231. The molecule has 0 aromatic heterocycles. The van der Waals surface area contributed by atoms with Gasteiger partial charge in [-0.3, -0.25) is 9.59 Å². The minimum atomic E-state index is -0.898. The van der Waals surface area contributed by atoms with Gasteiger partial charge in [-0.2, -0.15) is 0 Å². The number of ether oxygens (including phenoxy) is 1. The van der Waals surface area contributed by atoms with Crippen molar-refractivity contribution in [2.24, 2.45) is 0 Å². The molecular formula is C13H13F2NO3. The van der Waals surface area contributed by atoms with Crippen molar-refractivity contribution >= 4 is 17.4 Å². The van der Waals surface area contributed by atoms with Gasteiger partial charge in [-0.1, -0.05) is 0 Å². The van der Waals surface area contributed by atoms with Crippen molar-refractivity contribution in [2.75, 3.05) is 11.9 Å². The Balaban J connectivity index is 2.53. The normalized spacial score (nSPS) is 10.5. The van der Waals surface area contributed by atoms with E-state index in [1.54, 1.807) is 6.92 Å². The van der Waals surface area contributed by atoms with E-state index < -0.39 is 29.7 Å². The van der Waals surface area contributed by atoms with E-state index >= 15 is 0 Å². The van der Waals surface area contributed by atoms with Gasteiger partial charge in [0.2, 0.25) is 5.91 Å². The maximum atomic E-state index is 13.2. The van der Waals surface area contributed by atoms with E-state index in [1.807, 2.05) is 0 Å². The molecule has 0 heterocycles. The summed E-state index contributed by atoms with van der Waals surface area (Å²) in [4.78, 5) is 22.7. The highest BCUT2D eigenvalue weighted by Gasteiger charge is 2.10. The summed E-state index contributed by atoms with van der Waals surface area (Å²) in [6, 6.07) is 2.74. The fourth-order valence-electron chi connectivity index (χ4n) is 1.22. The molecular weight excluding hydrogens is 256 g/mol. The Morgan fingerprint density at radius 3 is 2.74 bits per heavy atom. The largest absolute Gasteiger partial charge is 0.501 e. The first-order valence-electron chi connectivity index (χ1n) is 5.58. The average molecular weight is 269 g/mol. The first-order valence-corrected chi connectivity index (χ1v) is 5.58. The first-order chi connectivity index (χ1) is 9.02. The second-order valence-electron chi connectivity index (χ2n) is 3.57. The molecule has 102 valence electrons. The molecule has 6 heteroatoms. The summed E-state index contributed by atoms with van der Waals surface area (Å²) in [7, 11) is 0. The number of benzene rings is 1. The molecule has 0 atom stereocenters. The highest BCUT2D eigenvalue weighted by Crippen LogP contribution is 2.15. The third-order valence-corrected chi connectivity index (χ3v) is 2.06. The van der Waals surface area contributed by atoms with Crippen molar-refractivity contribution in [3.63, 3.8) is 0 Å². The van der Waals surface area contributed by atoms with Crippen LogP contribution in [0.5, 0.6) is 0 Å². The zero-order valence-corrected chi connectivity index (χ0v) is 10.3. The number of rotatable bonds is 6. The summed E-state index contributed by atoms with van der Waals surface area (Å²) in [5, 5.41) is 2.18. The quantitative estimate of drug-likeness (QED) is 0.490. The smallest absolute Gasteiger partial charge is 0.232 e. The summed E-state index contributed by atoms with van der Waals surface area (Å²) < 4.78 is 30.7. The van der Waals surface area contributed by atoms with Crippen LogP contribution in [0.25, 0.3) is 0 Å². The molecule has 0 bridgehead atoms. The van der Waals surface area contributed by atoms with E-state index in [0.717, 1.165) is 18.2 Å². The lowest BCUT2D eigenvalue weighted by Crippen LogP contribution is -2.16. The number of anilines is 1. The number of hydrogen-bond acceptors (Lipinski definition) is 3. The average Bonchev–Trinajstić information content (AvgIpc) is 2.33. The van der Waals surface area contributed by atoms with Crippen LogP contribution in [0.15, 0.2) is 30.5 Å². The van der Waals surface area contributed by atoms with E-state index in [-0.39, 0.29) is 5.69 Å². The van der Waals surface area contributed by atoms with Gasteiger partial charge in [-0.15, -0.1) is 0 Å². The Hall–Kier alpha value is -2.24. The van der Waals surface area contributed by atoms with Crippen molar-refractivity contribution in [1.29, 1.82) is 0 Å². The predicted molar refractivity (Wildman–Crippen MR) is 65.4 cm³/mol. The molecule has 1 aromatic rings. The number of hydrogen-bond donors (Lipinski definition) is 1. The minimum absolute atomic E-state index is 0.173. The monoisotopic (exact) mass is 269 g/mol. The number of nitrogens with one attached hydrogen (secondary N) is 1. The molecule has 0 aliphatic heterocycles. The molecule has 0 aliphatic rings. The van der Waals surface area contributed by atoms with E-state index in [9.17, 15) is 18.4 Å². The maximum Gasteiger partial charge on any atom is 0.232 e. The second kappa shape index (κ2) is 7.25. The van der Waals surface area contributed by atoms with Gasteiger partial charge in [0.05, 0.1) is 25.0 Å². The van der Waals surface area contributed by atoms with Crippen LogP contribution in [0.2, 0.25) is 0 Å². The SMILES string of the molecule is CCOC=CC(=O)CC(=O)Nc1ccc(F)cc1F. The van der Waals surface area contributed by atoms with Crippen molar-refractivity contribution in [1.82, 2.24) is 0 Å². The highest BCUT2D eigenvalue weighted by molar-refractivity contribution is 6.08. The van der Waals surface area contributed by atoms with Gasteiger partial charge < -0.3 is 10.1 Å². The standard InChI is InChI=1S/C13H13F2NO3/c1-2-19-6-5-10(17)8-13(18)16-12-4-3-9(14)7-11(12)15/h3-7H,2,8H2,1H3,(H,16,18). The maximum absolute atomic E-state index is 13.2. The van der Waals surface area contributed by atoms with Crippen molar-refractivity contribution < 1.29 is 23.1 Å². The summed E-state index contributed by atoms with van der Waals surface area (Å²) in [6.07, 6.45) is 1.86. The van der Waals surface area contributed by atoms with Crippen LogP contribution >= 0.6 is 0 Å². The first kappa shape index (κ1) is 14.8. The Morgan fingerprint density at radius 2 is 2.11 bits per heavy atom. The molecule has 0 radical (unpaired) electrons. The Kier molecular flexibility index (Phi) is 5.66. The number of halogens is 2. The molecule has 0 saturated heterocycles.